The van der Waals surface area contributed by atoms with Crippen LogP contribution in [0.15, 0.2) is 42.7 Å². The predicted molar refractivity (Wildman–Crippen MR) is 89.2 cm³/mol. The second-order valence-corrected chi connectivity index (χ2v) is 5.59. The van der Waals surface area contributed by atoms with Crippen molar-refractivity contribution in [2.45, 2.75) is 25.7 Å². The Morgan fingerprint density at radius 2 is 1.96 bits per heavy atom. The summed E-state index contributed by atoms with van der Waals surface area (Å²) in [5.74, 6) is 0.428. The van der Waals surface area contributed by atoms with Crippen LogP contribution < -0.4 is 0 Å². The van der Waals surface area contributed by atoms with E-state index in [1.54, 1.807) is 14.2 Å². The van der Waals surface area contributed by atoms with Crippen molar-refractivity contribution < 1.29 is 13.5 Å². The Labute approximate surface area is 140 Å². The molecule has 24 heavy (non-hydrogen) atoms. The quantitative estimate of drug-likeness (QED) is 0.537. The van der Waals surface area contributed by atoms with Gasteiger partial charge in [0.2, 0.25) is 0 Å². The number of rotatable bonds is 8. The molecule has 0 unspecified atom stereocenters. The summed E-state index contributed by atoms with van der Waals surface area (Å²) in [4.78, 5) is 4.36. The summed E-state index contributed by atoms with van der Waals surface area (Å²) in [6, 6.07) is 3.42. The first-order chi connectivity index (χ1) is 11.4. The molecule has 6 heteroatoms. The van der Waals surface area contributed by atoms with E-state index in [0.717, 1.165) is 36.7 Å². The average molecular weight is 333 g/mol. The number of aryl methyl sites for hydroxylation is 2. The average Bonchev–Trinajstić information content (AvgIpc) is 2.91. The number of nitrogens with zero attached hydrogens (tertiary/aromatic N) is 3. The normalized spacial score (nSPS) is 10.7. The van der Waals surface area contributed by atoms with Crippen molar-refractivity contribution in [2.75, 3.05) is 7.11 Å². The number of benzene rings is 1. The topological polar surface area (TPSA) is 39.9 Å². The van der Waals surface area contributed by atoms with Gasteiger partial charge in [-0.2, -0.15) is 5.10 Å². The van der Waals surface area contributed by atoms with E-state index in [4.69, 9.17) is 4.74 Å². The number of hydrogen-bond donors (Lipinski definition) is 0. The van der Waals surface area contributed by atoms with Gasteiger partial charge in [0, 0.05) is 26.0 Å². The molecule has 0 saturated carbocycles. The maximum Gasteiger partial charge on any atom is 0.161 e. The van der Waals surface area contributed by atoms with Crippen LogP contribution in [-0.2, 0) is 18.2 Å². The van der Waals surface area contributed by atoms with Gasteiger partial charge in [-0.15, -0.1) is 0 Å². The third kappa shape index (κ3) is 4.50. The van der Waals surface area contributed by atoms with Crippen molar-refractivity contribution in [1.29, 1.82) is 0 Å². The molecule has 0 fully saturated rings. The molecular formula is C18H21F2N3O. The molecule has 2 aromatic rings. The summed E-state index contributed by atoms with van der Waals surface area (Å²) in [7, 11) is 3.28. The fraction of sp³-hybridized carbons (Fsp3) is 0.333. The molecule has 0 N–H and O–H groups in total. The van der Waals surface area contributed by atoms with E-state index in [0.29, 0.717) is 18.1 Å². The van der Waals surface area contributed by atoms with E-state index in [1.165, 1.54) is 16.8 Å². The molecule has 0 spiro atoms. The zero-order chi connectivity index (χ0) is 17.7. The largest absolute Gasteiger partial charge is 0.502 e. The van der Waals surface area contributed by atoms with Crippen molar-refractivity contribution in [1.82, 2.24) is 14.8 Å². The maximum absolute atomic E-state index is 13.9. The second kappa shape index (κ2) is 7.86. The lowest BCUT2D eigenvalue weighted by atomic mass is 10.1. The summed E-state index contributed by atoms with van der Waals surface area (Å²) < 4.78 is 33.4. The standard InChI is InChI=1S/C18H21F2N3O/c1-12(5-7-13(2)24-4)6-10-17-21-18(23(3)22-17)15-9-8-14(19)11-16(15)20/h8-9,11H,1-2,5-7,10H2,3-4H3. The Kier molecular flexibility index (Phi) is 5.84. The van der Waals surface area contributed by atoms with Crippen LogP contribution in [0.3, 0.4) is 0 Å². The van der Waals surface area contributed by atoms with Crippen LogP contribution in [-0.4, -0.2) is 21.9 Å². The molecular weight excluding hydrogens is 312 g/mol. The van der Waals surface area contributed by atoms with E-state index >= 15 is 0 Å². The lowest BCUT2D eigenvalue weighted by Crippen LogP contribution is -1.97. The van der Waals surface area contributed by atoms with Crippen LogP contribution in [0.2, 0.25) is 0 Å². The van der Waals surface area contributed by atoms with Crippen molar-refractivity contribution >= 4 is 0 Å². The van der Waals surface area contributed by atoms with Crippen molar-refractivity contribution in [3.63, 3.8) is 0 Å². The highest BCUT2D eigenvalue weighted by Gasteiger charge is 2.14. The molecule has 4 nitrogen and oxygen atoms in total. The zero-order valence-corrected chi connectivity index (χ0v) is 14.0. The van der Waals surface area contributed by atoms with E-state index in [2.05, 4.69) is 23.2 Å². The molecule has 2 rings (SSSR count). The Morgan fingerprint density at radius 1 is 1.21 bits per heavy atom. The molecule has 0 aliphatic carbocycles. The molecule has 0 atom stereocenters. The van der Waals surface area contributed by atoms with Crippen molar-refractivity contribution in [3.05, 3.63) is 60.1 Å². The molecule has 128 valence electrons. The van der Waals surface area contributed by atoms with Crippen LogP contribution in [0.25, 0.3) is 11.4 Å². The van der Waals surface area contributed by atoms with Gasteiger partial charge in [-0.1, -0.05) is 18.7 Å². The number of aromatic nitrogens is 3. The van der Waals surface area contributed by atoms with Crippen molar-refractivity contribution in [3.8, 4) is 11.4 Å². The number of allylic oxidation sites excluding steroid dienone is 2. The van der Waals surface area contributed by atoms with Gasteiger partial charge in [0.05, 0.1) is 18.4 Å². The van der Waals surface area contributed by atoms with Crippen molar-refractivity contribution in [2.24, 2.45) is 7.05 Å². The van der Waals surface area contributed by atoms with Crippen LogP contribution in [0, 0.1) is 11.6 Å². The first-order valence-electron chi connectivity index (χ1n) is 7.64. The lowest BCUT2D eigenvalue weighted by molar-refractivity contribution is 0.279. The molecule has 0 amide bonds. The van der Waals surface area contributed by atoms with Gasteiger partial charge >= 0.3 is 0 Å². The summed E-state index contributed by atoms with van der Waals surface area (Å²) in [5.41, 5.74) is 1.28. The van der Waals surface area contributed by atoms with Gasteiger partial charge in [-0.3, -0.25) is 0 Å². The summed E-state index contributed by atoms with van der Waals surface area (Å²) in [6.07, 6.45) is 2.86. The summed E-state index contributed by atoms with van der Waals surface area (Å²) in [5, 5.41) is 4.30. The number of hydrogen-bond acceptors (Lipinski definition) is 3. The summed E-state index contributed by atoms with van der Waals surface area (Å²) >= 11 is 0. The van der Waals surface area contributed by atoms with Crippen LogP contribution in [0.4, 0.5) is 8.78 Å². The zero-order valence-electron chi connectivity index (χ0n) is 14.0. The maximum atomic E-state index is 13.9. The monoisotopic (exact) mass is 333 g/mol. The number of halogens is 2. The Morgan fingerprint density at radius 3 is 2.62 bits per heavy atom. The van der Waals surface area contributed by atoms with Gasteiger partial charge in [0.25, 0.3) is 0 Å². The van der Waals surface area contributed by atoms with Gasteiger partial charge in [-0.25, -0.2) is 18.4 Å². The third-order valence-corrected chi connectivity index (χ3v) is 3.73. The number of methoxy groups -OCH3 is 1. The molecule has 1 heterocycles. The highest BCUT2D eigenvalue weighted by Crippen LogP contribution is 2.22. The van der Waals surface area contributed by atoms with E-state index in [1.807, 2.05) is 0 Å². The SMILES string of the molecule is C=C(CCC(=C)OC)CCc1nc(-c2ccc(F)cc2F)n(C)n1. The minimum atomic E-state index is -0.653. The van der Waals surface area contributed by atoms with Crippen LogP contribution >= 0.6 is 0 Å². The van der Waals surface area contributed by atoms with Crippen LogP contribution in [0.5, 0.6) is 0 Å². The molecule has 1 aromatic heterocycles. The predicted octanol–water partition coefficient (Wildman–Crippen LogP) is 4.19. The van der Waals surface area contributed by atoms with E-state index < -0.39 is 11.6 Å². The molecule has 0 radical (unpaired) electrons. The smallest absolute Gasteiger partial charge is 0.161 e. The van der Waals surface area contributed by atoms with E-state index in [-0.39, 0.29) is 5.56 Å². The molecule has 0 bridgehead atoms. The number of ether oxygens (including phenoxy) is 1. The van der Waals surface area contributed by atoms with Gasteiger partial charge < -0.3 is 4.74 Å². The second-order valence-electron chi connectivity index (χ2n) is 5.59. The fourth-order valence-electron chi connectivity index (χ4n) is 2.28. The minimum Gasteiger partial charge on any atom is -0.502 e. The van der Waals surface area contributed by atoms with E-state index in [9.17, 15) is 8.78 Å². The Bertz CT molecular complexity index is 753. The third-order valence-electron chi connectivity index (χ3n) is 3.73. The van der Waals surface area contributed by atoms with Gasteiger partial charge in [0.15, 0.2) is 11.6 Å². The van der Waals surface area contributed by atoms with Crippen LogP contribution in [0.1, 0.15) is 25.1 Å². The first kappa shape index (κ1) is 17.8. The molecule has 0 aliphatic rings. The Balaban J connectivity index is 2.01. The fourth-order valence-corrected chi connectivity index (χ4v) is 2.28. The first-order valence-corrected chi connectivity index (χ1v) is 7.64. The van der Waals surface area contributed by atoms with Gasteiger partial charge in [0.1, 0.15) is 11.6 Å². The highest BCUT2D eigenvalue weighted by atomic mass is 19.1. The molecule has 0 saturated heterocycles. The Hall–Kier alpha value is -2.50. The molecule has 0 aliphatic heterocycles. The summed E-state index contributed by atoms with van der Waals surface area (Å²) in [6.45, 7) is 7.80. The molecule has 1 aromatic carbocycles. The van der Waals surface area contributed by atoms with Gasteiger partial charge in [-0.05, 0) is 25.0 Å². The highest BCUT2D eigenvalue weighted by molar-refractivity contribution is 5.56. The lowest BCUT2D eigenvalue weighted by Gasteiger charge is -2.05. The minimum absolute atomic E-state index is 0.230.